The van der Waals surface area contributed by atoms with E-state index in [1.54, 1.807) is 7.05 Å². The average Bonchev–Trinajstić information content (AvgIpc) is 2.81. The highest BCUT2D eigenvalue weighted by molar-refractivity contribution is 5.93. The standard InChI is InChI=1S/C15H22N4O3/c1-18-12(5-6-13(18)19(21)22)15(20)17-14-9-3-2-4-10(14)8-11(16)7-9/h5-6,9-11,14H,2-4,7-8,16H2,1H3,(H,17,20). The number of nitrogens with one attached hydrogen (secondary N) is 1. The molecule has 2 bridgehead atoms. The molecule has 2 atom stereocenters. The molecule has 3 N–H and O–H groups in total. The van der Waals surface area contributed by atoms with Gasteiger partial charge in [0.05, 0.1) is 7.05 Å². The minimum Gasteiger partial charge on any atom is -0.358 e. The van der Waals surface area contributed by atoms with E-state index >= 15 is 0 Å². The number of hydrogen-bond donors (Lipinski definition) is 2. The lowest BCUT2D eigenvalue weighted by molar-refractivity contribution is -0.391. The maximum Gasteiger partial charge on any atom is 0.323 e. The van der Waals surface area contributed by atoms with Crippen LogP contribution in [0.15, 0.2) is 12.1 Å². The fraction of sp³-hybridized carbons (Fsp3) is 0.667. The summed E-state index contributed by atoms with van der Waals surface area (Å²) in [5, 5.41) is 14.0. The van der Waals surface area contributed by atoms with Crippen molar-refractivity contribution in [3.05, 3.63) is 27.9 Å². The Hall–Kier alpha value is -1.89. The van der Waals surface area contributed by atoms with Crippen LogP contribution < -0.4 is 11.1 Å². The van der Waals surface area contributed by atoms with E-state index in [4.69, 9.17) is 5.73 Å². The van der Waals surface area contributed by atoms with Gasteiger partial charge in [0.1, 0.15) is 0 Å². The van der Waals surface area contributed by atoms with E-state index in [0.29, 0.717) is 17.5 Å². The monoisotopic (exact) mass is 306 g/mol. The molecule has 0 aliphatic heterocycles. The minimum atomic E-state index is -0.481. The fourth-order valence-electron chi connectivity index (χ4n) is 4.16. The Morgan fingerprint density at radius 1 is 1.36 bits per heavy atom. The molecule has 1 aromatic heterocycles. The largest absolute Gasteiger partial charge is 0.358 e. The van der Waals surface area contributed by atoms with Crippen LogP contribution in [0.4, 0.5) is 5.82 Å². The van der Waals surface area contributed by atoms with Crippen molar-refractivity contribution in [2.75, 3.05) is 0 Å². The number of rotatable bonds is 3. The van der Waals surface area contributed by atoms with E-state index in [2.05, 4.69) is 5.32 Å². The van der Waals surface area contributed by atoms with Crippen LogP contribution in [0.3, 0.4) is 0 Å². The molecule has 2 aliphatic rings. The molecule has 2 saturated carbocycles. The highest BCUT2D eigenvalue weighted by atomic mass is 16.6. The van der Waals surface area contributed by atoms with Gasteiger partial charge in [0.25, 0.3) is 5.91 Å². The Morgan fingerprint density at radius 3 is 2.55 bits per heavy atom. The van der Waals surface area contributed by atoms with Gasteiger partial charge in [-0.3, -0.25) is 4.79 Å². The molecule has 2 fully saturated rings. The van der Waals surface area contributed by atoms with E-state index in [0.717, 1.165) is 25.7 Å². The van der Waals surface area contributed by atoms with Gasteiger partial charge in [0.2, 0.25) is 0 Å². The Kier molecular flexibility index (Phi) is 3.90. The van der Waals surface area contributed by atoms with Gasteiger partial charge in [0, 0.05) is 18.2 Å². The highest BCUT2D eigenvalue weighted by Gasteiger charge is 2.40. The summed E-state index contributed by atoms with van der Waals surface area (Å²) in [6, 6.07) is 3.26. The number of nitrogens with zero attached hydrogens (tertiary/aromatic N) is 2. The summed E-state index contributed by atoms with van der Waals surface area (Å²) in [4.78, 5) is 22.9. The summed E-state index contributed by atoms with van der Waals surface area (Å²) in [5.41, 5.74) is 6.43. The maximum atomic E-state index is 12.5. The summed E-state index contributed by atoms with van der Waals surface area (Å²) >= 11 is 0. The van der Waals surface area contributed by atoms with Crippen LogP contribution in [0.25, 0.3) is 0 Å². The van der Waals surface area contributed by atoms with Gasteiger partial charge in [0.15, 0.2) is 5.69 Å². The number of amides is 1. The summed E-state index contributed by atoms with van der Waals surface area (Å²) < 4.78 is 1.33. The first kappa shape index (κ1) is 15.0. The Bertz CT molecular complexity index is 584. The molecule has 0 saturated heterocycles. The predicted octanol–water partition coefficient (Wildman–Crippen LogP) is 1.57. The van der Waals surface area contributed by atoms with Crippen LogP contribution in [0.2, 0.25) is 0 Å². The molecule has 3 rings (SSSR count). The van der Waals surface area contributed by atoms with Crippen LogP contribution in [-0.2, 0) is 7.05 Å². The van der Waals surface area contributed by atoms with Gasteiger partial charge >= 0.3 is 5.82 Å². The van der Waals surface area contributed by atoms with Crippen molar-refractivity contribution in [1.29, 1.82) is 0 Å². The molecule has 7 heteroatoms. The number of aromatic nitrogens is 1. The number of nitrogens with two attached hydrogens (primary N) is 1. The zero-order valence-electron chi connectivity index (χ0n) is 12.7. The average molecular weight is 306 g/mol. The molecule has 1 aromatic rings. The van der Waals surface area contributed by atoms with Gasteiger partial charge < -0.3 is 21.2 Å². The number of nitro groups is 1. The van der Waals surface area contributed by atoms with Gasteiger partial charge in [-0.05, 0) is 48.5 Å². The maximum absolute atomic E-state index is 12.5. The quantitative estimate of drug-likeness (QED) is 0.653. The van der Waals surface area contributed by atoms with E-state index in [1.165, 1.54) is 23.1 Å². The fourth-order valence-corrected chi connectivity index (χ4v) is 4.16. The molecule has 0 radical (unpaired) electrons. The van der Waals surface area contributed by atoms with Crippen molar-refractivity contribution in [2.24, 2.45) is 24.6 Å². The third-order valence-corrected chi connectivity index (χ3v) is 5.19. The first-order valence-corrected chi connectivity index (χ1v) is 7.84. The lowest BCUT2D eigenvalue weighted by Gasteiger charge is -2.45. The van der Waals surface area contributed by atoms with Crippen LogP contribution in [0.5, 0.6) is 0 Å². The molecule has 1 amide bonds. The van der Waals surface area contributed by atoms with Crippen LogP contribution >= 0.6 is 0 Å². The third kappa shape index (κ3) is 2.61. The van der Waals surface area contributed by atoms with Gasteiger partial charge in [-0.25, -0.2) is 4.57 Å². The normalized spacial score (nSPS) is 30.8. The molecule has 2 unspecified atom stereocenters. The SMILES string of the molecule is Cn1c(C(=O)NC2C3CCCC2CC(N)C3)ccc1[N+](=O)[O-]. The van der Waals surface area contributed by atoms with Crippen molar-refractivity contribution in [3.8, 4) is 0 Å². The third-order valence-electron chi connectivity index (χ3n) is 5.19. The van der Waals surface area contributed by atoms with Crippen molar-refractivity contribution in [3.63, 3.8) is 0 Å². The Balaban J connectivity index is 1.75. The van der Waals surface area contributed by atoms with E-state index in [1.807, 2.05) is 0 Å². The minimum absolute atomic E-state index is 0.0731. The lowest BCUT2D eigenvalue weighted by Crippen LogP contribution is -2.53. The molecule has 2 aliphatic carbocycles. The van der Waals surface area contributed by atoms with Crippen molar-refractivity contribution >= 4 is 11.7 Å². The second-order valence-corrected chi connectivity index (χ2v) is 6.57. The van der Waals surface area contributed by atoms with Crippen molar-refractivity contribution < 1.29 is 9.72 Å². The molecule has 7 nitrogen and oxygen atoms in total. The smallest absolute Gasteiger partial charge is 0.323 e. The number of carbonyl (C=O) groups is 1. The first-order chi connectivity index (χ1) is 10.5. The summed E-state index contributed by atoms with van der Waals surface area (Å²) in [7, 11) is 1.55. The second kappa shape index (κ2) is 5.72. The molecule has 120 valence electrons. The molecular formula is C15H22N4O3. The van der Waals surface area contributed by atoms with E-state index < -0.39 is 4.92 Å². The Labute approximate surface area is 129 Å². The predicted molar refractivity (Wildman–Crippen MR) is 81.4 cm³/mol. The highest BCUT2D eigenvalue weighted by Crippen LogP contribution is 2.39. The number of fused-ring (bicyclic) bond motifs is 2. The van der Waals surface area contributed by atoms with Crippen molar-refractivity contribution in [1.82, 2.24) is 9.88 Å². The molecule has 0 aromatic carbocycles. The van der Waals surface area contributed by atoms with E-state index in [9.17, 15) is 14.9 Å². The first-order valence-electron chi connectivity index (χ1n) is 7.84. The number of carbonyl (C=O) groups excluding carboxylic acids is 1. The Morgan fingerprint density at radius 2 is 2.00 bits per heavy atom. The topological polar surface area (TPSA) is 103 Å². The second-order valence-electron chi connectivity index (χ2n) is 6.57. The molecule has 1 heterocycles. The zero-order chi connectivity index (χ0) is 15.9. The number of hydrogen-bond acceptors (Lipinski definition) is 4. The zero-order valence-corrected chi connectivity index (χ0v) is 12.7. The summed E-state index contributed by atoms with van der Waals surface area (Å²) in [5.74, 6) is 0.562. The van der Waals surface area contributed by atoms with E-state index in [-0.39, 0.29) is 23.8 Å². The van der Waals surface area contributed by atoms with Gasteiger partial charge in [-0.1, -0.05) is 6.42 Å². The molecular weight excluding hydrogens is 284 g/mol. The summed E-state index contributed by atoms with van der Waals surface area (Å²) in [6.07, 6.45) is 5.30. The molecule has 22 heavy (non-hydrogen) atoms. The summed E-state index contributed by atoms with van der Waals surface area (Å²) in [6.45, 7) is 0. The van der Waals surface area contributed by atoms with Gasteiger partial charge in [-0.2, -0.15) is 0 Å². The van der Waals surface area contributed by atoms with Crippen LogP contribution in [0, 0.1) is 22.0 Å². The van der Waals surface area contributed by atoms with Crippen LogP contribution in [-0.4, -0.2) is 27.5 Å². The van der Waals surface area contributed by atoms with Crippen LogP contribution in [0.1, 0.15) is 42.6 Å². The lowest BCUT2D eigenvalue weighted by atomic mass is 9.67. The van der Waals surface area contributed by atoms with Crippen molar-refractivity contribution in [2.45, 2.75) is 44.2 Å². The molecule has 0 spiro atoms. The van der Waals surface area contributed by atoms with Gasteiger partial charge in [-0.15, -0.1) is 0 Å².